The second-order valence-electron chi connectivity index (χ2n) is 3.30. The third kappa shape index (κ3) is 2.56. The van der Waals surface area contributed by atoms with Crippen LogP contribution in [-0.4, -0.2) is 5.91 Å². The third-order valence-electron chi connectivity index (χ3n) is 2.08. The van der Waals surface area contributed by atoms with Crippen molar-refractivity contribution >= 4 is 38.9 Å². The zero-order chi connectivity index (χ0) is 13.3. The molecule has 2 rings (SSSR count). The number of carbonyl (C=O) groups excluding carboxylic acids is 1. The van der Waals surface area contributed by atoms with Crippen molar-refractivity contribution < 1.29 is 18.0 Å². The third-order valence-corrected chi connectivity index (χ3v) is 3.92. The van der Waals surface area contributed by atoms with Crippen molar-refractivity contribution in [1.29, 1.82) is 0 Å². The summed E-state index contributed by atoms with van der Waals surface area (Å²) in [6.45, 7) is 0. The number of carbonyl (C=O) groups is 1. The van der Waals surface area contributed by atoms with Gasteiger partial charge < -0.3 is 5.32 Å². The summed E-state index contributed by atoms with van der Waals surface area (Å²) in [7, 11) is 0. The molecule has 1 aromatic heterocycles. The van der Waals surface area contributed by atoms with E-state index in [1.807, 2.05) is 0 Å². The quantitative estimate of drug-likeness (QED) is 0.819. The second kappa shape index (κ2) is 5.11. The molecule has 1 aromatic carbocycles. The average Bonchev–Trinajstić information content (AvgIpc) is 2.72. The van der Waals surface area contributed by atoms with Crippen LogP contribution in [0.5, 0.6) is 0 Å². The summed E-state index contributed by atoms with van der Waals surface area (Å²) in [6, 6.07) is 2.64. The second-order valence-corrected chi connectivity index (χ2v) is 5.07. The molecule has 0 aliphatic rings. The summed E-state index contributed by atoms with van der Waals surface area (Å²) < 4.78 is 39.5. The van der Waals surface area contributed by atoms with Gasteiger partial charge in [0.1, 0.15) is 10.7 Å². The van der Waals surface area contributed by atoms with Gasteiger partial charge in [0.25, 0.3) is 5.91 Å². The Hall–Kier alpha value is -1.34. The van der Waals surface area contributed by atoms with E-state index in [-0.39, 0.29) is 0 Å². The van der Waals surface area contributed by atoms with Crippen molar-refractivity contribution in [3.8, 4) is 0 Å². The van der Waals surface area contributed by atoms with E-state index in [9.17, 15) is 18.0 Å². The Balaban J connectivity index is 2.28. The molecule has 0 fully saturated rings. The van der Waals surface area contributed by atoms with E-state index >= 15 is 0 Å². The Bertz CT molecular complexity index is 614. The molecule has 1 heterocycles. The fraction of sp³-hybridized carbons (Fsp3) is 0. The van der Waals surface area contributed by atoms with Crippen molar-refractivity contribution in [2.45, 2.75) is 0 Å². The Morgan fingerprint density at radius 2 is 1.83 bits per heavy atom. The molecule has 0 saturated heterocycles. The maximum atomic E-state index is 13.3. The average molecular weight is 336 g/mol. The van der Waals surface area contributed by atoms with E-state index in [4.69, 9.17) is 0 Å². The molecule has 1 N–H and O–H groups in total. The summed E-state index contributed by atoms with van der Waals surface area (Å²) >= 11 is 4.29. The fourth-order valence-electron chi connectivity index (χ4n) is 1.25. The van der Waals surface area contributed by atoms with Crippen LogP contribution >= 0.6 is 27.3 Å². The molecule has 1 amide bonds. The SMILES string of the molecule is O=C(Nc1cc(F)c(F)cc1F)c1sccc1Br. The number of benzene rings is 1. The van der Waals surface area contributed by atoms with Gasteiger partial charge in [-0.2, -0.15) is 0 Å². The van der Waals surface area contributed by atoms with E-state index in [2.05, 4.69) is 21.2 Å². The minimum atomic E-state index is -1.30. The van der Waals surface area contributed by atoms with Crippen LogP contribution in [0.2, 0.25) is 0 Å². The molecular weight excluding hydrogens is 331 g/mol. The van der Waals surface area contributed by atoms with Crippen molar-refractivity contribution in [2.75, 3.05) is 5.32 Å². The molecule has 94 valence electrons. The molecule has 0 spiro atoms. The van der Waals surface area contributed by atoms with Crippen LogP contribution in [-0.2, 0) is 0 Å². The Labute approximate surface area is 113 Å². The number of halogens is 4. The van der Waals surface area contributed by atoms with Crippen LogP contribution in [0.25, 0.3) is 0 Å². The Kier molecular flexibility index (Phi) is 3.72. The van der Waals surface area contributed by atoms with Gasteiger partial charge >= 0.3 is 0 Å². The molecule has 0 atom stereocenters. The summed E-state index contributed by atoms with van der Waals surface area (Å²) in [5.41, 5.74) is -0.404. The predicted molar refractivity (Wildman–Crippen MR) is 66.3 cm³/mol. The lowest BCUT2D eigenvalue weighted by Crippen LogP contribution is -2.12. The molecule has 0 bridgehead atoms. The summed E-state index contributed by atoms with van der Waals surface area (Å²) in [5.74, 6) is -4.16. The molecule has 2 nitrogen and oxygen atoms in total. The molecule has 18 heavy (non-hydrogen) atoms. The first kappa shape index (κ1) is 13.1. The predicted octanol–water partition coefficient (Wildman–Crippen LogP) is 4.18. The monoisotopic (exact) mass is 335 g/mol. The summed E-state index contributed by atoms with van der Waals surface area (Å²) in [4.78, 5) is 12.0. The molecule has 0 aliphatic heterocycles. The molecule has 0 radical (unpaired) electrons. The highest BCUT2D eigenvalue weighted by Crippen LogP contribution is 2.25. The minimum absolute atomic E-state index is 0.319. The number of nitrogens with one attached hydrogen (secondary N) is 1. The maximum Gasteiger partial charge on any atom is 0.266 e. The standard InChI is InChI=1S/C11H5BrF3NOS/c12-5-1-2-18-10(5)11(17)16-9-4-7(14)6(13)3-8(9)15/h1-4H,(H,16,17). The van der Waals surface area contributed by atoms with Crippen LogP contribution in [0.1, 0.15) is 9.67 Å². The minimum Gasteiger partial charge on any atom is -0.319 e. The smallest absolute Gasteiger partial charge is 0.266 e. The van der Waals surface area contributed by atoms with Crippen molar-refractivity contribution in [3.63, 3.8) is 0 Å². The molecule has 0 saturated carbocycles. The van der Waals surface area contributed by atoms with E-state index in [1.165, 1.54) is 0 Å². The highest BCUT2D eigenvalue weighted by molar-refractivity contribution is 9.10. The molecule has 7 heteroatoms. The van der Waals surface area contributed by atoms with Crippen LogP contribution in [0.3, 0.4) is 0 Å². The van der Waals surface area contributed by atoms with E-state index in [0.29, 0.717) is 21.5 Å². The zero-order valence-corrected chi connectivity index (χ0v) is 11.0. The van der Waals surface area contributed by atoms with Gasteiger partial charge in [-0.05, 0) is 27.4 Å². The van der Waals surface area contributed by atoms with Gasteiger partial charge in [0.15, 0.2) is 11.6 Å². The van der Waals surface area contributed by atoms with Crippen molar-refractivity contribution in [3.05, 3.63) is 50.4 Å². The number of hydrogen-bond acceptors (Lipinski definition) is 2. The van der Waals surface area contributed by atoms with Gasteiger partial charge in [0.2, 0.25) is 0 Å². The first-order chi connectivity index (χ1) is 8.49. The number of amides is 1. The molecule has 2 aromatic rings. The van der Waals surface area contributed by atoms with Gasteiger partial charge in [-0.1, -0.05) is 0 Å². The lowest BCUT2D eigenvalue weighted by Gasteiger charge is -2.06. The Morgan fingerprint density at radius 1 is 1.17 bits per heavy atom. The normalized spacial score (nSPS) is 10.4. The molecule has 0 unspecified atom stereocenters. The Morgan fingerprint density at radius 3 is 2.44 bits per heavy atom. The molecule has 0 aliphatic carbocycles. The van der Waals surface area contributed by atoms with Crippen molar-refractivity contribution in [1.82, 2.24) is 0 Å². The lowest BCUT2D eigenvalue weighted by molar-refractivity contribution is 0.102. The van der Waals surface area contributed by atoms with E-state index in [0.717, 1.165) is 11.3 Å². The van der Waals surface area contributed by atoms with E-state index in [1.54, 1.807) is 11.4 Å². The van der Waals surface area contributed by atoms with Gasteiger partial charge in [-0.25, -0.2) is 13.2 Å². The molecular formula is C11H5BrF3NOS. The van der Waals surface area contributed by atoms with Gasteiger partial charge in [0.05, 0.1) is 5.69 Å². The first-order valence-electron chi connectivity index (χ1n) is 4.68. The maximum absolute atomic E-state index is 13.3. The van der Waals surface area contributed by atoms with Crippen LogP contribution in [0, 0.1) is 17.5 Å². The van der Waals surface area contributed by atoms with Gasteiger partial charge in [0, 0.05) is 16.6 Å². The highest BCUT2D eigenvalue weighted by atomic mass is 79.9. The number of thiophene rings is 1. The van der Waals surface area contributed by atoms with Crippen LogP contribution < -0.4 is 5.32 Å². The van der Waals surface area contributed by atoms with Crippen molar-refractivity contribution in [2.24, 2.45) is 0 Å². The van der Waals surface area contributed by atoms with Crippen LogP contribution in [0.15, 0.2) is 28.1 Å². The largest absolute Gasteiger partial charge is 0.319 e. The van der Waals surface area contributed by atoms with Gasteiger partial charge in [-0.3, -0.25) is 4.79 Å². The number of anilines is 1. The van der Waals surface area contributed by atoms with E-state index < -0.39 is 29.0 Å². The van der Waals surface area contributed by atoms with Crippen LogP contribution in [0.4, 0.5) is 18.9 Å². The zero-order valence-electron chi connectivity index (χ0n) is 8.64. The number of hydrogen-bond donors (Lipinski definition) is 1. The van der Waals surface area contributed by atoms with Gasteiger partial charge in [-0.15, -0.1) is 11.3 Å². The highest BCUT2D eigenvalue weighted by Gasteiger charge is 2.16. The topological polar surface area (TPSA) is 29.1 Å². The first-order valence-corrected chi connectivity index (χ1v) is 6.35. The fourth-order valence-corrected chi connectivity index (χ4v) is 2.70. The number of rotatable bonds is 2. The summed E-state index contributed by atoms with van der Waals surface area (Å²) in [6.07, 6.45) is 0. The summed E-state index contributed by atoms with van der Waals surface area (Å²) in [5, 5.41) is 3.85. The lowest BCUT2D eigenvalue weighted by atomic mass is 10.2.